The summed E-state index contributed by atoms with van der Waals surface area (Å²) in [6.07, 6.45) is 0. The summed E-state index contributed by atoms with van der Waals surface area (Å²) < 4.78 is 6.73. The molecule has 10 rings (SSSR count). The molecule has 51 heavy (non-hydrogen) atoms. The Morgan fingerprint density at radius 3 is 1.43 bits per heavy atom. The van der Waals surface area contributed by atoms with Crippen LogP contribution in [-0.4, -0.2) is 15.0 Å². The number of nitrogens with zero attached hydrogens (tertiary/aromatic N) is 3. The van der Waals surface area contributed by atoms with E-state index in [1.54, 1.807) is 0 Å². The minimum Gasteiger partial charge on any atom is -0.455 e. The van der Waals surface area contributed by atoms with E-state index < -0.39 is 0 Å². The van der Waals surface area contributed by atoms with Gasteiger partial charge in [-0.3, -0.25) is 0 Å². The minimum atomic E-state index is 0.611. The molecule has 0 amide bonds. The molecule has 0 N–H and O–H groups in total. The lowest BCUT2D eigenvalue weighted by molar-refractivity contribution is 0.670. The number of aromatic nitrogens is 3. The van der Waals surface area contributed by atoms with Gasteiger partial charge in [0.15, 0.2) is 17.5 Å². The predicted octanol–water partition coefficient (Wildman–Crippen LogP) is 12.4. The first-order valence-electron chi connectivity index (χ1n) is 17.1. The Bertz CT molecular complexity index is 2860. The van der Waals surface area contributed by atoms with E-state index in [1.165, 1.54) is 21.5 Å². The molecule has 2 heterocycles. The van der Waals surface area contributed by atoms with Crippen molar-refractivity contribution in [3.8, 4) is 56.4 Å². The van der Waals surface area contributed by atoms with Crippen molar-refractivity contribution >= 4 is 43.5 Å². The van der Waals surface area contributed by atoms with Gasteiger partial charge in [-0.05, 0) is 80.7 Å². The van der Waals surface area contributed by atoms with Crippen molar-refractivity contribution in [3.05, 3.63) is 176 Å². The van der Waals surface area contributed by atoms with Crippen molar-refractivity contribution in [1.82, 2.24) is 15.0 Å². The summed E-state index contributed by atoms with van der Waals surface area (Å²) >= 11 is 0. The Balaban J connectivity index is 1.20. The minimum absolute atomic E-state index is 0.611. The van der Waals surface area contributed by atoms with Crippen LogP contribution in [0.1, 0.15) is 0 Å². The molecule has 0 atom stereocenters. The first kappa shape index (κ1) is 29.0. The average Bonchev–Trinajstić information content (AvgIpc) is 3.58. The number of fused-ring (bicyclic) bond motifs is 5. The quantitative estimate of drug-likeness (QED) is 0.186. The third-order valence-electron chi connectivity index (χ3n) is 9.67. The van der Waals surface area contributed by atoms with Gasteiger partial charge in [-0.1, -0.05) is 133 Å². The molecule has 238 valence electrons. The average molecular weight is 652 g/mol. The number of rotatable bonds is 5. The monoisotopic (exact) mass is 651 g/mol. The molecule has 0 fully saturated rings. The summed E-state index contributed by atoms with van der Waals surface area (Å²) in [5.41, 5.74) is 8.88. The third-order valence-corrected chi connectivity index (χ3v) is 9.67. The summed E-state index contributed by atoms with van der Waals surface area (Å²) in [6.45, 7) is 0. The molecule has 0 aliphatic heterocycles. The molecule has 0 aliphatic carbocycles. The molecule has 8 aromatic carbocycles. The highest BCUT2D eigenvalue weighted by atomic mass is 16.3. The van der Waals surface area contributed by atoms with Crippen LogP contribution in [0.4, 0.5) is 0 Å². The summed E-state index contributed by atoms with van der Waals surface area (Å²) in [5, 5.41) is 6.88. The van der Waals surface area contributed by atoms with E-state index in [9.17, 15) is 0 Å². The maximum Gasteiger partial charge on any atom is 0.164 e. The fourth-order valence-electron chi connectivity index (χ4n) is 7.06. The Morgan fingerprint density at radius 2 is 0.804 bits per heavy atom. The topological polar surface area (TPSA) is 51.8 Å². The van der Waals surface area contributed by atoms with E-state index in [2.05, 4.69) is 103 Å². The van der Waals surface area contributed by atoms with Gasteiger partial charge in [-0.2, -0.15) is 0 Å². The predicted molar refractivity (Wildman–Crippen MR) is 209 cm³/mol. The van der Waals surface area contributed by atoms with Gasteiger partial charge in [0.1, 0.15) is 11.2 Å². The van der Waals surface area contributed by atoms with Gasteiger partial charge in [0.05, 0.1) is 0 Å². The normalized spacial score (nSPS) is 11.5. The number of benzene rings is 8. The highest BCUT2D eigenvalue weighted by Crippen LogP contribution is 2.41. The fourth-order valence-corrected chi connectivity index (χ4v) is 7.06. The van der Waals surface area contributed by atoms with Crippen LogP contribution in [0, 0.1) is 0 Å². The van der Waals surface area contributed by atoms with Crippen molar-refractivity contribution in [1.29, 1.82) is 0 Å². The van der Waals surface area contributed by atoms with E-state index in [1.807, 2.05) is 72.8 Å². The van der Waals surface area contributed by atoms with Crippen LogP contribution in [0.15, 0.2) is 180 Å². The molecule has 4 nitrogen and oxygen atoms in total. The Labute approximate surface area is 294 Å². The lowest BCUT2D eigenvalue weighted by Gasteiger charge is -2.10. The van der Waals surface area contributed by atoms with Gasteiger partial charge in [0.25, 0.3) is 0 Å². The molecular weight excluding hydrogens is 623 g/mol. The van der Waals surface area contributed by atoms with Gasteiger partial charge in [-0.15, -0.1) is 0 Å². The summed E-state index contributed by atoms with van der Waals surface area (Å²) in [7, 11) is 0. The molecule has 0 bridgehead atoms. The molecule has 0 unspecified atom stereocenters. The van der Waals surface area contributed by atoms with Crippen molar-refractivity contribution in [2.75, 3.05) is 0 Å². The van der Waals surface area contributed by atoms with Crippen molar-refractivity contribution < 1.29 is 4.42 Å². The van der Waals surface area contributed by atoms with E-state index >= 15 is 0 Å². The second kappa shape index (κ2) is 11.9. The van der Waals surface area contributed by atoms with Crippen molar-refractivity contribution in [3.63, 3.8) is 0 Å². The van der Waals surface area contributed by atoms with Gasteiger partial charge in [-0.25, -0.2) is 15.0 Å². The lowest BCUT2D eigenvalue weighted by atomic mass is 9.93. The maximum atomic E-state index is 6.73. The molecule has 0 saturated carbocycles. The highest BCUT2D eigenvalue weighted by Gasteiger charge is 2.18. The van der Waals surface area contributed by atoms with E-state index in [4.69, 9.17) is 19.4 Å². The van der Waals surface area contributed by atoms with Crippen LogP contribution in [0.25, 0.3) is 99.9 Å². The van der Waals surface area contributed by atoms with Crippen LogP contribution in [-0.2, 0) is 0 Å². The SMILES string of the molecule is c1ccc(-c2nc(-c3ccccc3)nc(-c3ccc4oc5c(-c6ccc7ccccc7c6)cc(-c6ccc7ccccc7c6)cc5c4c3)n2)cc1. The summed E-state index contributed by atoms with van der Waals surface area (Å²) in [4.78, 5) is 14.9. The van der Waals surface area contributed by atoms with Gasteiger partial charge < -0.3 is 4.42 Å². The smallest absolute Gasteiger partial charge is 0.164 e. The second-order valence-corrected chi connectivity index (χ2v) is 12.9. The molecule has 4 heteroatoms. The van der Waals surface area contributed by atoms with E-state index in [0.29, 0.717) is 17.5 Å². The van der Waals surface area contributed by atoms with Crippen molar-refractivity contribution in [2.24, 2.45) is 0 Å². The largest absolute Gasteiger partial charge is 0.455 e. The lowest BCUT2D eigenvalue weighted by Crippen LogP contribution is -2.00. The van der Waals surface area contributed by atoms with Crippen molar-refractivity contribution in [2.45, 2.75) is 0 Å². The number of hydrogen-bond acceptors (Lipinski definition) is 4. The molecule has 0 spiro atoms. The standard InChI is InChI=1S/C47H29N3O/c1-3-13-32(14-4-1)45-48-46(33-15-5-2-6-16-33)50-47(49-45)38-23-24-43-41(27-38)42-29-39(36-21-19-30-11-7-9-17-34(30)25-36)28-40(44(42)51-43)37-22-20-31-12-8-10-18-35(31)26-37/h1-29H. The van der Waals surface area contributed by atoms with Gasteiger partial charge in [0.2, 0.25) is 0 Å². The summed E-state index contributed by atoms with van der Waals surface area (Å²) in [5.74, 6) is 1.88. The zero-order chi connectivity index (χ0) is 33.7. The molecule has 0 radical (unpaired) electrons. The first-order chi connectivity index (χ1) is 25.2. The van der Waals surface area contributed by atoms with Gasteiger partial charge >= 0.3 is 0 Å². The third kappa shape index (κ3) is 5.22. The Kier molecular flexibility index (Phi) is 6.78. The Morgan fingerprint density at radius 1 is 0.314 bits per heavy atom. The van der Waals surface area contributed by atoms with Crippen LogP contribution >= 0.6 is 0 Å². The van der Waals surface area contributed by atoms with Crippen LogP contribution in [0.5, 0.6) is 0 Å². The fraction of sp³-hybridized carbons (Fsp3) is 0. The molecule has 10 aromatic rings. The summed E-state index contributed by atoms with van der Waals surface area (Å²) in [6, 6.07) is 61.2. The zero-order valence-electron chi connectivity index (χ0n) is 27.5. The number of furan rings is 1. The Hall–Kier alpha value is -6.91. The van der Waals surface area contributed by atoms with Crippen LogP contribution < -0.4 is 0 Å². The molecule has 0 saturated heterocycles. The molecular formula is C47H29N3O. The first-order valence-corrected chi connectivity index (χ1v) is 17.1. The molecule has 0 aliphatic rings. The molecule has 2 aromatic heterocycles. The second-order valence-electron chi connectivity index (χ2n) is 12.9. The zero-order valence-corrected chi connectivity index (χ0v) is 27.5. The number of hydrogen-bond donors (Lipinski definition) is 0. The maximum absolute atomic E-state index is 6.73. The van der Waals surface area contributed by atoms with Gasteiger partial charge in [0, 0.05) is 33.0 Å². The van der Waals surface area contributed by atoms with Crippen LogP contribution in [0.3, 0.4) is 0 Å². The van der Waals surface area contributed by atoms with E-state index in [0.717, 1.165) is 60.9 Å². The highest BCUT2D eigenvalue weighted by molar-refractivity contribution is 6.12. The van der Waals surface area contributed by atoms with E-state index in [-0.39, 0.29) is 0 Å². The van der Waals surface area contributed by atoms with Crippen LogP contribution in [0.2, 0.25) is 0 Å².